The lowest BCUT2D eigenvalue weighted by atomic mass is 10.1. The number of amides is 3. The van der Waals surface area contributed by atoms with Gasteiger partial charge in [-0.3, -0.25) is 4.79 Å². The molecule has 1 rings (SSSR count). The highest BCUT2D eigenvalue weighted by Crippen LogP contribution is 2.06. The highest BCUT2D eigenvalue weighted by Gasteiger charge is 2.23. The summed E-state index contributed by atoms with van der Waals surface area (Å²) in [5, 5.41) is 7.72. The monoisotopic (exact) mass is 569 g/mol. The van der Waals surface area contributed by atoms with Gasteiger partial charge in [0, 0.05) is 19.5 Å². The maximum atomic E-state index is 12.1. The van der Waals surface area contributed by atoms with E-state index in [0.717, 1.165) is 5.56 Å². The molecule has 13 nitrogen and oxygen atoms in total. The first-order valence-electron chi connectivity index (χ1n) is 13.1. The number of hydrogen-bond acceptors (Lipinski definition) is 10. The van der Waals surface area contributed by atoms with Crippen molar-refractivity contribution in [2.75, 3.05) is 59.8 Å². The Bertz CT molecular complexity index is 877. The molecular formula is C27H43N3O10. The van der Waals surface area contributed by atoms with Crippen molar-refractivity contribution < 1.29 is 47.6 Å². The van der Waals surface area contributed by atoms with Crippen LogP contribution in [0.4, 0.5) is 9.59 Å². The van der Waals surface area contributed by atoms with Gasteiger partial charge in [0.2, 0.25) is 5.91 Å². The van der Waals surface area contributed by atoms with Crippen molar-refractivity contribution in [1.29, 1.82) is 0 Å². The maximum absolute atomic E-state index is 12.1. The van der Waals surface area contributed by atoms with Crippen LogP contribution in [0.3, 0.4) is 0 Å². The van der Waals surface area contributed by atoms with Crippen LogP contribution < -0.4 is 16.0 Å². The molecule has 0 aliphatic heterocycles. The summed E-state index contributed by atoms with van der Waals surface area (Å²) in [5.74, 6) is -0.970. The predicted octanol–water partition coefficient (Wildman–Crippen LogP) is 1.93. The number of rotatable bonds is 19. The lowest BCUT2D eigenvalue weighted by molar-refractivity contribution is -0.143. The van der Waals surface area contributed by atoms with Crippen LogP contribution in [-0.2, 0) is 44.6 Å². The first-order valence-corrected chi connectivity index (χ1v) is 13.1. The van der Waals surface area contributed by atoms with E-state index >= 15 is 0 Å². The van der Waals surface area contributed by atoms with Gasteiger partial charge in [0.15, 0.2) is 0 Å². The van der Waals surface area contributed by atoms with E-state index in [1.54, 1.807) is 32.9 Å². The van der Waals surface area contributed by atoms with Gasteiger partial charge < -0.3 is 44.4 Å². The van der Waals surface area contributed by atoms with Gasteiger partial charge in [-0.1, -0.05) is 30.3 Å². The fourth-order valence-electron chi connectivity index (χ4n) is 3.01. The van der Waals surface area contributed by atoms with E-state index < -0.39 is 29.8 Å². The number of benzene rings is 1. The average molecular weight is 570 g/mol. The second kappa shape index (κ2) is 20.5. The van der Waals surface area contributed by atoms with E-state index in [2.05, 4.69) is 16.0 Å². The van der Waals surface area contributed by atoms with Crippen LogP contribution in [0.1, 0.15) is 39.2 Å². The number of ether oxygens (including phenoxy) is 6. The molecular weight excluding hydrogens is 526 g/mol. The lowest BCUT2D eigenvalue weighted by Gasteiger charge is -2.19. The minimum atomic E-state index is -1.02. The number of alkyl carbamates (subject to hydrolysis) is 2. The Morgan fingerprint density at radius 1 is 0.800 bits per heavy atom. The molecule has 0 unspecified atom stereocenters. The zero-order valence-electron chi connectivity index (χ0n) is 23.8. The highest BCUT2D eigenvalue weighted by atomic mass is 16.6. The second-order valence-corrected chi connectivity index (χ2v) is 9.44. The SMILES string of the molecule is COC(=O)[C@H](CCC(=O)NCCOCCOCCOCCNC(=O)OC(C)(C)C)NC(=O)OCc1ccccc1. The van der Waals surface area contributed by atoms with Crippen molar-refractivity contribution in [1.82, 2.24) is 16.0 Å². The predicted molar refractivity (Wildman–Crippen MR) is 145 cm³/mol. The fraction of sp³-hybridized carbons (Fsp3) is 0.630. The fourth-order valence-corrected chi connectivity index (χ4v) is 3.01. The van der Waals surface area contributed by atoms with Crippen molar-refractivity contribution >= 4 is 24.1 Å². The molecule has 0 aliphatic carbocycles. The second-order valence-electron chi connectivity index (χ2n) is 9.44. The van der Waals surface area contributed by atoms with Crippen LogP contribution in [0.2, 0.25) is 0 Å². The first-order chi connectivity index (χ1) is 19.1. The molecule has 1 atom stereocenters. The number of nitrogens with one attached hydrogen (secondary N) is 3. The van der Waals surface area contributed by atoms with Crippen molar-refractivity contribution in [2.24, 2.45) is 0 Å². The summed E-state index contributed by atoms with van der Waals surface area (Å²) in [6, 6.07) is 8.08. The van der Waals surface area contributed by atoms with E-state index in [1.807, 2.05) is 18.2 Å². The van der Waals surface area contributed by atoms with Gasteiger partial charge in [0.25, 0.3) is 0 Å². The van der Waals surface area contributed by atoms with Gasteiger partial charge in [-0.15, -0.1) is 0 Å². The van der Waals surface area contributed by atoms with Crippen molar-refractivity contribution in [2.45, 2.75) is 51.9 Å². The third-order valence-corrected chi connectivity index (χ3v) is 4.88. The zero-order chi connectivity index (χ0) is 29.6. The third kappa shape index (κ3) is 18.8. The van der Waals surface area contributed by atoms with Gasteiger partial charge in [-0.05, 0) is 32.8 Å². The third-order valence-electron chi connectivity index (χ3n) is 4.88. The Morgan fingerprint density at radius 2 is 1.38 bits per heavy atom. The van der Waals surface area contributed by atoms with Crippen LogP contribution in [0.5, 0.6) is 0 Å². The Kier molecular flexibility index (Phi) is 17.7. The summed E-state index contributed by atoms with van der Waals surface area (Å²) in [4.78, 5) is 47.6. The quantitative estimate of drug-likeness (QED) is 0.128. The summed E-state index contributed by atoms with van der Waals surface area (Å²) < 4.78 is 31.1. The van der Waals surface area contributed by atoms with Crippen LogP contribution in [-0.4, -0.2) is 95.5 Å². The van der Waals surface area contributed by atoms with E-state index in [-0.39, 0.29) is 38.5 Å². The molecule has 1 aromatic carbocycles. The van der Waals surface area contributed by atoms with E-state index in [0.29, 0.717) is 39.6 Å². The molecule has 0 bridgehead atoms. The van der Waals surface area contributed by atoms with E-state index in [4.69, 9.17) is 28.4 Å². The summed E-state index contributed by atoms with van der Waals surface area (Å²) in [7, 11) is 1.20. The Balaban J connectivity index is 2.04. The summed E-state index contributed by atoms with van der Waals surface area (Å²) in [6.45, 7) is 8.12. The standard InChI is InChI=1S/C27H43N3O10/c1-27(2,3)40-25(33)29-13-15-37-17-19-38-18-16-36-14-12-28-23(31)11-10-22(24(32)35-4)30-26(34)39-20-21-8-6-5-7-9-21/h5-9,22H,10-20H2,1-4H3,(H,28,31)(H,29,33)(H,30,34)/t22-/m0/s1. The van der Waals surface area contributed by atoms with Gasteiger partial charge in [-0.2, -0.15) is 0 Å². The van der Waals surface area contributed by atoms with Crippen LogP contribution in [0.15, 0.2) is 30.3 Å². The van der Waals surface area contributed by atoms with Crippen molar-refractivity contribution in [3.8, 4) is 0 Å². The number of methoxy groups -OCH3 is 1. The number of esters is 1. The summed E-state index contributed by atoms with van der Waals surface area (Å²) in [6.07, 6.45) is -1.22. The Hall–Kier alpha value is -3.42. The molecule has 0 spiro atoms. The van der Waals surface area contributed by atoms with Gasteiger partial charge in [0.05, 0.1) is 46.8 Å². The lowest BCUT2D eigenvalue weighted by Crippen LogP contribution is -2.42. The molecule has 1 aromatic rings. The zero-order valence-corrected chi connectivity index (χ0v) is 23.8. The van der Waals surface area contributed by atoms with E-state index in [1.165, 1.54) is 7.11 Å². The molecule has 0 aromatic heterocycles. The van der Waals surface area contributed by atoms with Gasteiger partial charge in [-0.25, -0.2) is 14.4 Å². The Morgan fingerprint density at radius 3 is 1.95 bits per heavy atom. The molecule has 0 aliphatic rings. The Labute approximate surface area is 235 Å². The van der Waals surface area contributed by atoms with Gasteiger partial charge >= 0.3 is 18.2 Å². The molecule has 3 amide bonds. The van der Waals surface area contributed by atoms with Crippen LogP contribution in [0.25, 0.3) is 0 Å². The summed E-state index contributed by atoms with van der Waals surface area (Å²) in [5.41, 5.74) is 0.261. The van der Waals surface area contributed by atoms with Crippen molar-refractivity contribution in [3.05, 3.63) is 35.9 Å². The van der Waals surface area contributed by atoms with Crippen LogP contribution >= 0.6 is 0 Å². The normalized spacial score (nSPS) is 11.7. The van der Waals surface area contributed by atoms with Crippen molar-refractivity contribution in [3.63, 3.8) is 0 Å². The molecule has 0 fully saturated rings. The topological polar surface area (TPSA) is 160 Å². The largest absolute Gasteiger partial charge is 0.467 e. The highest BCUT2D eigenvalue weighted by molar-refractivity contribution is 5.82. The number of carbonyl (C=O) groups is 4. The molecule has 40 heavy (non-hydrogen) atoms. The maximum Gasteiger partial charge on any atom is 0.408 e. The summed E-state index contributed by atoms with van der Waals surface area (Å²) >= 11 is 0. The molecule has 0 radical (unpaired) electrons. The molecule has 226 valence electrons. The van der Waals surface area contributed by atoms with Gasteiger partial charge in [0.1, 0.15) is 18.2 Å². The minimum Gasteiger partial charge on any atom is -0.467 e. The van der Waals surface area contributed by atoms with Crippen LogP contribution in [0, 0.1) is 0 Å². The first kappa shape index (κ1) is 34.6. The molecule has 0 heterocycles. The smallest absolute Gasteiger partial charge is 0.408 e. The minimum absolute atomic E-state index is 0.00482. The average Bonchev–Trinajstić information content (AvgIpc) is 2.91. The number of hydrogen-bond donors (Lipinski definition) is 3. The molecule has 0 saturated heterocycles. The molecule has 3 N–H and O–H groups in total. The molecule has 13 heteroatoms. The molecule has 0 saturated carbocycles. The number of carbonyl (C=O) groups excluding carboxylic acids is 4. The van der Waals surface area contributed by atoms with E-state index in [9.17, 15) is 19.2 Å².